The van der Waals surface area contributed by atoms with Crippen LogP contribution in [0, 0.1) is 0 Å². The zero-order chi connectivity index (χ0) is 21.3. The molecule has 158 valence electrons. The molecule has 0 radical (unpaired) electrons. The van der Waals surface area contributed by atoms with E-state index in [1.807, 2.05) is 17.5 Å². The number of thiophene rings is 1. The molecule has 0 spiro atoms. The third-order valence-corrected chi connectivity index (χ3v) is 5.88. The van der Waals surface area contributed by atoms with Crippen molar-refractivity contribution in [2.24, 2.45) is 0 Å². The van der Waals surface area contributed by atoms with Crippen LogP contribution in [0.15, 0.2) is 48.0 Å². The number of fused-ring (bicyclic) bond motifs is 1. The fraction of sp³-hybridized carbons (Fsp3) is 0.300. The summed E-state index contributed by atoms with van der Waals surface area (Å²) >= 11 is 1.48. The second-order valence-corrected chi connectivity index (χ2v) is 7.88. The zero-order valence-corrected chi connectivity index (χ0v) is 16.8. The fourth-order valence-corrected chi connectivity index (χ4v) is 4.21. The van der Waals surface area contributed by atoms with Gasteiger partial charge in [0.2, 0.25) is 0 Å². The number of para-hydroxylation sites is 1. The molecule has 1 aromatic carbocycles. The van der Waals surface area contributed by atoms with Crippen LogP contribution in [0.5, 0.6) is 5.75 Å². The Hall–Kier alpha value is -3.01. The van der Waals surface area contributed by atoms with E-state index in [2.05, 4.69) is 15.7 Å². The molecule has 0 fully saturated rings. The summed E-state index contributed by atoms with van der Waals surface area (Å²) in [5, 5.41) is 11.6. The molecule has 0 aliphatic carbocycles. The number of alkyl halides is 3. The highest BCUT2D eigenvalue weighted by Gasteiger charge is 2.47. The predicted molar refractivity (Wildman–Crippen MR) is 107 cm³/mol. The van der Waals surface area contributed by atoms with Gasteiger partial charge in [0.1, 0.15) is 17.1 Å². The molecule has 2 aromatic heterocycles. The van der Waals surface area contributed by atoms with E-state index < -0.39 is 24.2 Å². The van der Waals surface area contributed by atoms with E-state index >= 15 is 0 Å². The van der Waals surface area contributed by atoms with Gasteiger partial charge in [0.25, 0.3) is 5.91 Å². The Morgan fingerprint density at radius 2 is 2.13 bits per heavy atom. The normalized spacial score (nSPS) is 18.4. The molecule has 1 amide bonds. The summed E-state index contributed by atoms with van der Waals surface area (Å²) < 4.78 is 47.6. The van der Waals surface area contributed by atoms with Crippen LogP contribution in [-0.2, 0) is 6.54 Å². The number of methoxy groups -OCH3 is 1. The van der Waals surface area contributed by atoms with Crippen LogP contribution in [0.3, 0.4) is 0 Å². The van der Waals surface area contributed by atoms with Crippen molar-refractivity contribution < 1.29 is 22.7 Å². The number of hydrogen-bond acceptors (Lipinski definition) is 5. The first kappa shape index (κ1) is 20.3. The Morgan fingerprint density at radius 3 is 2.83 bits per heavy atom. The molecule has 0 saturated heterocycles. The summed E-state index contributed by atoms with van der Waals surface area (Å²) in [4.78, 5) is 13.6. The molecule has 30 heavy (non-hydrogen) atoms. The fourth-order valence-electron chi connectivity index (χ4n) is 3.56. The Kier molecular flexibility index (Phi) is 5.42. The second-order valence-electron chi connectivity index (χ2n) is 6.85. The lowest BCUT2D eigenvalue weighted by Gasteiger charge is -2.34. The Bertz CT molecular complexity index is 1030. The molecule has 2 atom stereocenters. The molecule has 3 heterocycles. The molecule has 4 rings (SSSR count). The van der Waals surface area contributed by atoms with Gasteiger partial charge in [-0.1, -0.05) is 24.3 Å². The van der Waals surface area contributed by atoms with E-state index in [1.54, 1.807) is 24.3 Å². The van der Waals surface area contributed by atoms with Gasteiger partial charge >= 0.3 is 6.18 Å². The van der Waals surface area contributed by atoms with Gasteiger partial charge in [0, 0.05) is 16.9 Å². The molecule has 10 heteroatoms. The lowest BCUT2D eigenvalue weighted by molar-refractivity contribution is -0.173. The van der Waals surface area contributed by atoms with Crippen molar-refractivity contribution in [3.8, 4) is 5.75 Å². The van der Waals surface area contributed by atoms with E-state index in [0.717, 1.165) is 9.56 Å². The topological polar surface area (TPSA) is 68.2 Å². The Morgan fingerprint density at radius 1 is 1.33 bits per heavy atom. The lowest BCUT2D eigenvalue weighted by Crippen LogP contribution is -2.36. The smallest absolute Gasteiger partial charge is 0.410 e. The van der Waals surface area contributed by atoms with Crippen molar-refractivity contribution in [3.63, 3.8) is 0 Å². The summed E-state index contributed by atoms with van der Waals surface area (Å²) in [5.41, 5.74) is 0.659. The Balaban J connectivity index is 1.67. The number of ether oxygens (including phenoxy) is 1. The average molecular weight is 436 g/mol. The van der Waals surface area contributed by atoms with E-state index in [9.17, 15) is 18.0 Å². The van der Waals surface area contributed by atoms with Crippen LogP contribution >= 0.6 is 11.3 Å². The number of halogens is 3. The van der Waals surface area contributed by atoms with Crippen LogP contribution in [-0.4, -0.2) is 29.0 Å². The molecule has 0 bridgehead atoms. The highest BCUT2D eigenvalue weighted by atomic mass is 32.1. The minimum atomic E-state index is -4.52. The van der Waals surface area contributed by atoms with Crippen LogP contribution in [0.4, 0.5) is 19.0 Å². The van der Waals surface area contributed by atoms with Gasteiger partial charge in [-0.25, -0.2) is 4.68 Å². The third-order valence-electron chi connectivity index (χ3n) is 5.00. The lowest BCUT2D eigenvalue weighted by atomic mass is 9.95. The van der Waals surface area contributed by atoms with Crippen LogP contribution in [0.25, 0.3) is 0 Å². The molecule has 1 aliphatic heterocycles. The van der Waals surface area contributed by atoms with Gasteiger partial charge in [0.05, 0.1) is 25.9 Å². The summed E-state index contributed by atoms with van der Waals surface area (Å²) in [6, 6.07) is 8.08. The molecule has 1 aliphatic rings. The van der Waals surface area contributed by atoms with Crippen molar-refractivity contribution in [3.05, 3.63) is 64.0 Å². The van der Waals surface area contributed by atoms with Crippen molar-refractivity contribution in [1.82, 2.24) is 15.1 Å². The van der Waals surface area contributed by atoms with E-state index in [-0.39, 0.29) is 17.8 Å². The number of hydrogen-bond donors (Lipinski definition) is 2. The van der Waals surface area contributed by atoms with E-state index in [0.29, 0.717) is 17.9 Å². The van der Waals surface area contributed by atoms with Crippen molar-refractivity contribution in [2.45, 2.75) is 31.2 Å². The molecular formula is C20H19F3N4O2S. The number of amides is 1. The number of anilines is 1. The van der Waals surface area contributed by atoms with Gasteiger partial charge in [-0.2, -0.15) is 18.3 Å². The van der Waals surface area contributed by atoms with Gasteiger partial charge in [-0.15, -0.1) is 11.3 Å². The quantitative estimate of drug-likeness (QED) is 0.616. The highest BCUT2D eigenvalue weighted by molar-refractivity contribution is 7.09. The first-order valence-electron chi connectivity index (χ1n) is 9.22. The summed E-state index contributed by atoms with van der Waals surface area (Å²) in [7, 11) is 1.47. The standard InChI is InChI=1S/C20H19F3N4O2S/c1-29-16-7-3-2-6-13(16)15-9-17(20(21,22)23)27-18(26-15)14(11-25-27)19(28)24-10-12-5-4-8-30-12/h2-8,11,15,17,26H,9-10H2,1H3,(H,24,28). The van der Waals surface area contributed by atoms with Gasteiger partial charge in [-0.3, -0.25) is 4.79 Å². The molecule has 2 unspecified atom stereocenters. The van der Waals surface area contributed by atoms with E-state index in [4.69, 9.17) is 4.74 Å². The molecule has 6 nitrogen and oxygen atoms in total. The number of aromatic nitrogens is 2. The van der Waals surface area contributed by atoms with Crippen LogP contribution in [0.2, 0.25) is 0 Å². The first-order valence-corrected chi connectivity index (χ1v) is 10.1. The maximum absolute atomic E-state index is 13.8. The SMILES string of the molecule is COc1ccccc1C1CC(C(F)(F)F)n2ncc(C(=O)NCc3cccs3)c2N1. The van der Waals surface area contributed by atoms with Gasteiger partial charge in [-0.05, 0) is 17.5 Å². The highest BCUT2D eigenvalue weighted by Crippen LogP contribution is 2.45. The monoisotopic (exact) mass is 436 g/mol. The molecule has 0 saturated carbocycles. The number of rotatable bonds is 5. The number of nitrogens with zero attached hydrogens (tertiary/aromatic N) is 2. The summed E-state index contributed by atoms with van der Waals surface area (Å²) in [6.07, 6.45) is -3.61. The van der Waals surface area contributed by atoms with Crippen molar-refractivity contribution in [1.29, 1.82) is 0 Å². The van der Waals surface area contributed by atoms with Crippen LogP contribution in [0.1, 0.15) is 39.3 Å². The average Bonchev–Trinajstić information content (AvgIpc) is 3.40. The largest absolute Gasteiger partial charge is 0.496 e. The van der Waals surface area contributed by atoms with Gasteiger partial charge in [0.15, 0.2) is 6.04 Å². The number of nitrogens with one attached hydrogen (secondary N) is 2. The van der Waals surface area contributed by atoms with Gasteiger partial charge < -0.3 is 15.4 Å². The predicted octanol–water partition coefficient (Wildman–Crippen LogP) is 4.54. The molecule has 2 N–H and O–H groups in total. The minimum absolute atomic E-state index is 0.0446. The van der Waals surface area contributed by atoms with Crippen molar-refractivity contribution >= 4 is 23.1 Å². The summed E-state index contributed by atoms with van der Waals surface area (Å²) in [5.74, 6) is 0.0366. The maximum atomic E-state index is 13.8. The third kappa shape index (κ3) is 3.87. The zero-order valence-electron chi connectivity index (χ0n) is 15.9. The number of carbonyl (C=O) groups is 1. The Labute approximate surface area is 174 Å². The summed E-state index contributed by atoms with van der Waals surface area (Å²) in [6.45, 7) is 0.291. The van der Waals surface area contributed by atoms with Crippen molar-refractivity contribution in [2.75, 3.05) is 12.4 Å². The molecule has 3 aromatic rings. The molecular weight excluding hydrogens is 417 g/mol. The number of carbonyl (C=O) groups excluding carboxylic acids is 1. The maximum Gasteiger partial charge on any atom is 0.410 e. The number of benzene rings is 1. The second kappa shape index (κ2) is 8.02. The minimum Gasteiger partial charge on any atom is -0.496 e. The first-order chi connectivity index (χ1) is 14.4. The van der Waals surface area contributed by atoms with Crippen LogP contribution < -0.4 is 15.4 Å². The van der Waals surface area contributed by atoms with E-state index in [1.165, 1.54) is 24.6 Å².